The molecule has 0 atom stereocenters. The number of carbonyl (C=O) groups is 1. The quantitative estimate of drug-likeness (QED) is 0.573. The van der Waals surface area contributed by atoms with Gasteiger partial charge >= 0.3 is 5.91 Å². The van der Waals surface area contributed by atoms with Crippen LogP contribution >= 0.6 is 11.8 Å². The average molecular weight is 197 g/mol. The lowest BCUT2D eigenvalue weighted by Gasteiger charge is -2.01. The number of aryl methyl sites for hydroxylation is 1. The van der Waals surface area contributed by atoms with Crippen molar-refractivity contribution >= 4 is 17.7 Å². The van der Waals surface area contributed by atoms with E-state index in [0.717, 1.165) is 10.6 Å². The highest BCUT2D eigenvalue weighted by Crippen LogP contribution is 2.18. The van der Waals surface area contributed by atoms with Crippen LogP contribution in [0.15, 0.2) is 23.2 Å². The van der Waals surface area contributed by atoms with Crippen LogP contribution in [0, 0.1) is 0 Å². The fourth-order valence-corrected chi connectivity index (χ4v) is 2.02. The Morgan fingerprint density at radius 1 is 1.69 bits per heavy atom. The van der Waals surface area contributed by atoms with Crippen LogP contribution in [0.4, 0.5) is 0 Å². The summed E-state index contributed by atoms with van der Waals surface area (Å²) >= 11 is 1.62. The highest BCUT2D eigenvalue weighted by Gasteiger charge is 2.18. The van der Waals surface area contributed by atoms with Gasteiger partial charge in [0.2, 0.25) is 0 Å². The second-order valence-corrected chi connectivity index (χ2v) is 3.94. The third-order valence-electron chi connectivity index (χ3n) is 1.68. The summed E-state index contributed by atoms with van der Waals surface area (Å²) in [5.41, 5.74) is 5.85. The molecule has 0 aliphatic heterocycles. The lowest BCUT2D eigenvalue weighted by Crippen LogP contribution is -2.39. The van der Waals surface area contributed by atoms with Gasteiger partial charge in [0.25, 0.3) is 5.69 Å². The van der Waals surface area contributed by atoms with Gasteiger partial charge in [-0.2, -0.15) is 4.57 Å². The number of hydrogen-bond donors (Lipinski definition) is 1. The molecule has 1 amide bonds. The van der Waals surface area contributed by atoms with Crippen molar-refractivity contribution < 1.29 is 9.36 Å². The summed E-state index contributed by atoms with van der Waals surface area (Å²) in [7, 11) is 1.82. The molecule has 70 valence electrons. The van der Waals surface area contributed by atoms with Crippen LogP contribution in [-0.2, 0) is 7.05 Å². The van der Waals surface area contributed by atoms with E-state index in [1.807, 2.05) is 32.3 Å². The van der Waals surface area contributed by atoms with Gasteiger partial charge in [-0.3, -0.25) is 4.79 Å². The summed E-state index contributed by atoms with van der Waals surface area (Å²) in [4.78, 5) is 12.0. The van der Waals surface area contributed by atoms with Crippen molar-refractivity contribution in [2.75, 3.05) is 5.75 Å². The maximum Gasteiger partial charge on any atom is 0.314 e. The summed E-state index contributed by atoms with van der Waals surface area (Å²) in [5.74, 6) is 0.559. The first-order valence-electron chi connectivity index (χ1n) is 4.08. The Kier molecular flexibility index (Phi) is 3.31. The van der Waals surface area contributed by atoms with Gasteiger partial charge in [-0.05, 0) is 11.8 Å². The third kappa shape index (κ3) is 2.21. The van der Waals surface area contributed by atoms with E-state index in [1.165, 1.54) is 0 Å². The number of carbonyl (C=O) groups excluding carboxylic acids is 1. The highest BCUT2D eigenvalue weighted by atomic mass is 32.2. The fourth-order valence-electron chi connectivity index (χ4n) is 1.15. The topological polar surface area (TPSA) is 47.0 Å². The van der Waals surface area contributed by atoms with Crippen LogP contribution in [0.2, 0.25) is 0 Å². The third-order valence-corrected chi connectivity index (χ3v) is 2.61. The Labute approximate surface area is 81.9 Å². The van der Waals surface area contributed by atoms with Gasteiger partial charge in [-0.25, -0.2) is 0 Å². The number of rotatable bonds is 3. The van der Waals surface area contributed by atoms with E-state index in [4.69, 9.17) is 5.73 Å². The molecule has 1 rings (SSSR count). The lowest BCUT2D eigenvalue weighted by atomic mass is 10.3. The number of primary amides is 1. The van der Waals surface area contributed by atoms with Crippen LogP contribution in [0.25, 0.3) is 0 Å². The summed E-state index contributed by atoms with van der Waals surface area (Å²) in [6, 6.07) is 3.82. The smallest absolute Gasteiger partial charge is 0.314 e. The van der Waals surface area contributed by atoms with Crippen LogP contribution < -0.4 is 10.3 Å². The Balaban J connectivity index is 3.17. The lowest BCUT2D eigenvalue weighted by molar-refractivity contribution is -0.675. The maximum atomic E-state index is 11.1. The minimum atomic E-state index is -0.376. The molecule has 1 heterocycles. The molecule has 0 saturated heterocycles. The van der Waals surface area contributed by atoms with Crippen molar-refractivity contribution in [1.82, 2.24) is 0 Å². The van der Waals surface area contributed by atoms with Gasteiger partial charge < -0.3 is 5.73 Å². The van der Waals surface area contributed by atoms with Gasteiger partial charge in [0.1, 0.15) is 7.05 Å². The zero-order valence-electron chi connectivity index (χ0n) is 7.78. The second kappa shape index (κ2) is 4.28. The Morgan fingerprint density at radius 2 is 2.38 bits per heavy atom. The summed E-state index contributed by atoms with van der Waals surface area (Å²) in [6.07, 6.45) is 1.82. The Hall–Kier alpha value is -1.03. The molecule has 0 saturated carbocycles. The van der Waals surface area contributed by atoms with Gasteiger partial charge in [0, 0.05) is 6.07 Å². The van der Waals surface area contributed by atoms with Crippen LogP contribution in [0.5, 0.6) is 0 Å². The van der Waals surface area contributed by atoms with Crippen molar-refractivity contribution in [3.05, 3.63) is 24.0 Å². The number of nitrogens with two attached hydrogens (primary N) is 1. The molecule has 0 aliphatic rings. The van der Waals surface area contributed by atoms with Crippen molar-refractivity contribution in [3.63, 3.8) is 0 Å². The SMILES string of the molecule is CCSc1ccc[n+](C)c1C(N)=O. The predicted octanol–water partition coefficient (Wildman–Crippen LogP) is 0.722. The van der Waals surface area contributed by atoms with Crippen molar-refractivity contribution in [1.29, 1.82) is 0 Å². The van der Waals surface area contributed by atoms with E-state index in [-0.39, 0.29) is 5.91 Å². The van der Waals surface area contributed by atoms with Gasteiger partial charge in [0.15, 0.2) is 6.20 Å². The van der Waals surface area contributed by atoms with Gasteiger partial charge in [-0.15, -0.1) is 11.8 Å². The average Bonchev–Trinajstić information content (AvgIpc) is 2.04. The molecule has 2 N–H and O–H groups in total. The molecule has 0 aromatic carbocycles. The molecule has 0 spiro atoms. The predicted molar refractivity (Wildman–Crippen MR) is 52.5 cm³/mol. The highest BCUT2D eigenvalue weighted by molar-refractivity contribution is 7.99. The number of aromatic nitrogens is 1. The van der Waals surface area contributed by atoms with E-state index in [9.17, 15) is 4.79 Å². The molecular formula is C9H13N2OS+. The number of hydrogen-bond acceptors (Lipinski definition) is 2. The zero-order chi connectivity index (χ0) is 9.84. The molecule has 1 aromatic rings. The standard InChI is InChI=1S/C9H12N2OS/c1-3-13-7-5-4-6-11(2)8(7)9(10)12/h4-6H,3H2,1-2H3,(H-,10,12)/p+1. The molecule has 0 radical (unpaired) electrons. The fraction of sp³-hybridized carbons (Fsp3) is 0.333. The van der Waals surface area contributed by atoms with Gasteiger partial charge in [-0.1, -0.05) is 6.92 Å². The molecule has 0 bridgehead atoms. The Bertz CT molecular complexity index is 325. The zero-order valence-corrected chi connectivity index (χ0v) is 8.60. The van der Waals surface area contributed by atoms with Crippen LogP contribution in [0.3, 0.4) is 0 Å². The number of amides is 1. The normalized spacial score (nSPS) is 10.0. The van der Waals surface area contributed by atoms with Crippen LogP contribution in [0.1, 0.15) is 17.4 Å². The molecule has 4 heteroatoms. The van der Waals surface area contributed by atoms with Crippen molar-refractivity contribution in [2.45, 2.75) is 11.8 Å². The van der Waals surface area contributed by atoms with E-state index >= 15 is 0 Å². The van der Waals surface area contributed by atoms with Crippen LogP contribution in [-0.4, -0.2) is 11.7 Å². The molecule has 0 aliphatic carbocycles. The monoisotopic (exact) mass is 197 g/mol. The van der Waals surface area contributed by atoms with E-state index in [2.05, 4.69) is 0 Å². The summed E-state index contributed by atoms with van der Waals surface area (Å²) in [6.45, 7) is 2.04. The van der Waals surface area contributed by atoms with Gasteiger partial charge in [0.05, 0.1) is 4.90 Å². The van der Waals surface area contributed by atoms with E-state index in [1.54, 1.807) is 16.3 Å². The van der Waals surface area contributed by atoms with Crippen molar-refractivity contribution in [2.24, 2.45) is 12.8 Å². The first kappa shape index (κ1) is 10.1. The van der Waals surface area contributed by atoms with E-state index < -0.39 is 0 Å². The number of nitrogens with zero attached hydrogens (tertiary/aromatic N) is 1. The minimum absolute atomic E-state index is 0.376. The Morgan fingerprint density at radius 3 is 2.92 bits per heavy atom. The first-order chi connectivity index (χ1) is 6.16. The second-order valence-electron chi connectivity index (χ2n) is 2.63. The molecule has 13 heavy (non-hydrogen) atoms. The molecule has 1 aromatic heterocycles. The maximum absolute atomic E-state index is 11.1. The number of pyridine rings is 1. The largest absolute Gasteiger partial charge is 0.360 e. The first-order valence-corrected chi connectivity index (χ1v) is 5.06. The summed E-state index contributed by atoms with van der Waals surface area (Å²) < 4.78 is 1.75. The summed E-state index contributed by atoms with van der Waals surface area (Å²) in [5, 5.41) is 0. The molecular weight excluding hydrogens is 184 g/mol. The van der Waals surface area contributed by atoms with E-state index in [0.29, 0.717) is 5.69 Å². The molecule has 0 unspecified atom stereocenters. The molecule has 0 fully saturated rings. The van der Waals surface area contributed by atoms with Crippen molar-refractivity contribution in [3.8, 4) is 0 Å². The number of thioether (sulfide) groups is 1. The molecule has 3 nitrogen and oxygen atoms in total. The minimum Gasteiger partial charge on any atom is -0.360 e.